The number of carbonyl (C=O) groups is 1. The van der Waals surface area contributed by atoms with Crippen LogP contribution < -0.4 is 5.32 Å². The van der Waals surface area contributed by atoms with Gasteiger partial charge in [-0.2, -0.15) is 0 Å². The molecule has 0 saturated carbocycles. The van der Waals surface area contributed by atoms with Gasteiger partial charge in [-0.15, -0.1) is 11.3 Å². The van der Waals surface area contributed by atoms with Crippen LogP contribution in [0.15, 0.2) is 24.3 Å². The van der Waals surface area contributed by atoms with E-state index in [2.05, 4.69) is 10.3 Å². The molecule has 0 fully saturated rings. The molecule has 0 aliphatic rings. The van der Waals surface area contributed by atoms with Crippen molar-refractivity contribution in [1.29, 1.82) is 0 Å². The standard InChI is InChI=1S/C16H19FN2O3S2/c1-4-9-24(21,22)11(3)15(20)19-16-18-14(10(2)23-16)12-5-7-13(17)8-6-12/h5-8,11H,4,9H2,1-3H3,(H,18,19,20). The van der Waals surface area contributed by atoms with Crippen LogP contribution in [0.25, 0.3) is 11.3 Å². The van der Waals surface area contributed by atoms with Crippen LogP contribution in [0, 0.1) is 12.7 Å². The molecule has 1 N–H and O–H groups in total. The maximum atomic E-state index is 13.0. The first-order valence-electron chi connectivity index (χ1n) is 7.50. The molecule has 130 valence electrons. The molecule has 8 heteroatoms. The summed E-state index contributed by atoms with van der Waals surface area (Å²) in [4.78, 5) is 17.3. The van der Waals surface area contributed by atoms with Crippen LogP contribution in [-0.2, 0) is 14.6 Å². The molecule has 1 unspecified atom stereocenters. The molecular weight excluding hydrogens is 351 g/mol. The first-order valence-corrected chi connectivity index (χ1v) is 10.0. The van der Waals surface area contributed by atoms with E-state index in [0.717, 1.165) is 10.4 Å². The van der Waals surface area contributed by atoms with Crippen molar-refractivity contribution in [3.8, 4) is 11.3 Å². The van der Waals surface area contributed by atoms with Crippen molar-refractivity contribution in [3.63, 3.8) is 0 Å². The van der Waals surface area contributed by atoms with Crippen LogP contribution in [0.2, 0.25) is 0 Å². The van der Waals surface area contributed by atoms with E-state index in [4.69, 9.17) is 0 Å². The van der Waals surface area contributed by atoms with Gasteiger partial charge < -0.3 is 5.32 Å². The lowest BCUT2D eigenvalue weighted by molar-refractivity contribution is -0.115. The Hall–Kier alpha value is -1.80. The summed E-state index contributed by atoms with van der Waals surface area (Å²) in [7, 11) is -3.47. The van der Waals surface area contributed by atoms with Crippen molar-refractivity contribution in [3.05, 3.63) is 35.0 Å². The number of carbonyl (C=O) groups excluding carboxylic acids is 1. The van der Waals surface area contributed by atoms with Crippen molar-refractivity contribution in [2.75, 3.05) is 11.1 Å². The van der Waals surface area contributed by atoms with Crippen LogP contribution in [0.3, 0.4) is 0 Å². The topological polar surface area (TPSA) is 76.1 Å². The van der Waals surface area contributed by atoms with E-state index in [1.54, 1.807) is 19.1 Å². The molecule has 1 atom stereocenters. The minimum atomic E-state index is -3.47. The second-order valence-electron chi connectivity index (χ2n) is 5.43. The number of hydrogen-bond donors (Lipinski definition) is 1. The zero-order chi connectivity index (χ0) is 17.9. The molecule has 1 amide bonds. The first kappa shape index (κ1) is 18.5. The molecule has 2 rings (SSSR count). The lowest BCUT2D eigenvalue weighted by Gasteiger charge is -2.11. The van der Waals surface area contributed by atoms with Gasteiger partial charge in [0.15, 0.2) is 15.0 Å². The second kappa shape index (κ2) is 7.40. The quantitative estimate of drug-likeness (QED) is 0.845. The molecule has 0 radical (unpaired) electrons. The summed E-state index contributed by atoms with van der Waals surface area (Å²) >= 11 is 1.25. The van der Waals surface area contributed by atoms with Crippen molar-refractivity contribution in [2.45, 2.75) is 32.4 Å². The average molecular weight is 370 g/mol. The summed E-state index contributed by atoms with van der Waals surface area (Å²) in [6, 6.07) is 5.90. The SMILES string of the molecule is CCCS(=O)(=O)C(C)C(=O)Nc1nc(-c2ccc(F)cc2)c(C)s1. The number of benzene rings is 1. The number of hydrogen-bond acceptors (Lipinski definition) is 5. The van der Waals surface area contributed by atoms with E-state index in [9.17, 15) is 17.6 Å². The van der Waals surface area contributed by atoms with Gasteiger partial charge in [0.1, 0.15) is 11.1 Å². The lowest BCUT2D eigenvalue weighted by atomic mass is 10.1. The predicted molar refractivity (Wildman–Crippen MR) is 94.4 cm³/mol. The third-order valence-electron chi connectivity index (χ3n) is 3.54. The number of anilines is 1. The van der Waals surface area contributed by atoms with Crippen LogP contribution in [-0.4, -0.2) is 30.3 Å². The molecule has 0 aliphatic heterocycles. The molecule has 24 heavy (non-hydrogen) atoms. The van der Waals surface area contributed by atoms with E-state index in [1.165, 1.54) is 30.4 Å². The first-order chi connectivity index (χ1) is 11.2. The zero-order valence-corrected chi connectivity index (χ0v) is 15.3. The van der Waals surface area contributed by atoms with Gasteiger partial charge in [0.2, 0.25) is 5.91 Å². The van der Waals surface area contributed by atoms with Crippen LogP contribution in [0.4, 0.5) is 9.52 Å². The molecule has 5 nitrogen and oxygen atoms in total. The maximum absolute atomic E-state index is 13.0. The van der Waals surface area contributed by atoms with E-state index in [1.807, 2.05) is 6.92 Å². The van der Waals surface area contributed by atoms with Crippen molar-refractivity contribution < 1.29 is 17.6 Å². The number of sulfone groups is 1. The van der Waals surface area contributed by atoms with Crippen LogP contribution >= 0.6 is 11.3 Å². The molecular formula is C16H19FN2O3S2. The summed E-state index contributed by atoms with van der Waals surface area (Å²) in [5, 5.41) is 1.76. The van der Waals surface area contributed by atoms with Gasteiger partial charge in [-0.05, 0) is 44.5 Å². The normalized spacial score (nSPS) is 12.8. The number of aryl methyl sites for hydroxylation is 1. The van der Waals surface area contributed by atoms with E-state index < -0.39 is 21.0 Å². The predicted octanol–water partition coefficient (Wildman–Crippen LogP) is 3.41. The molecule has 1 aromatic heterocycles. The molecule has 1 aromatic carbocycles. The fourth-order valence-corrected chi connectivity index (χ4v) is 4.30. The van der Waals surface area contributed by atoms with Crippen LogP contribution in [0.5, 0.6) is 0 Å². The van der Waals surface area contributed by atoms with Gasteiger partial charge in [0.25, 0.3) is 0 Å². The highest BCUT2D eigenvalue weighted by atomic mass is 32.2. The Balaban J connectivity index is 2.18. The Morgan fingerprint density at radius 1 is 1.33 bits per heavy atom. The molecule has 0 saturated heterocycles. The summed E-state index contributed by atoms with van der Waals surface area (Å²) < 4.78 is 37.0. The minimum Gasteiger partial charge on any atom is -0.301 e. The van der Waals surface area contributed by atoms with Crippen molar-refractivity contribution in [2.24, 2.45) is 0 Å². The molecule has 0 bridgehead atoms. The highest BCUT2D eigenvalue weighted by Gasteiger charge is 2.28. The average Bonchev–Trinajstić information content (AvgIpc) is 2.87. The zero-order valence-electron chi connectivity index (χ0n) is 13.7. The van der Waals surface area contributed by atoms with E-state index in [0.29, 0.717) is 17.2 Å². The lowest BCUT2D eigenvalue weighted by Crippen LogP contribution is -2.34. The third kappa shape index (κ3) is 4.18. The maximum Gasteiger partial charge on any atom is 0.244 e. The number of halogens is 1. The Labute approximate surface area is 144 Å². The second-order valence-corrected chi connectivity index (χ2v) is 9.07. The third-order valence-corrected chi connectivity index (χ3v) is 6.70. The van der Waals surface area contributed by atoms with Gasteiger partial charge in [0.05, 0.1) is 11.4 Å². The summed E-state index contributed by atoms with van der Waals surface area (Å²) in [6.45, 7) is 4.96. The number of rotatable bonds is 6. The highest BCUT2D eigenvalue weighted by molar-refractivity contribution is 7.92. The summed E-state index contributed by atoms with van der Waals surface area (Å²) in [5.74, 6) is -0.961. The molecule has 0 aliphatic carbocycles. The number of amides is 1. The minimum absolute atomic E-state index is 0.0285. The number of nitrogens with zero attached hydrogens (tertiary/aromatic N) is 1. The Kier molecular flexibility index (Phi) is 5.71. The summed E-state index contributed by atoms with van der Waals surface area (Å²) in [6.07, 6.45) is 0.463. The number of nitrogens with one attached hydrogen (secondary N) is 1. The van der Waals surface area contributed by atoms with Crippen molar-refractivity contribution in [1.82, 2.24) is 4.98 Å². The van der Waals surface area contributed by atoms with E-state index in [-0.39, 0.29) is 11.6 Å². The Morgan fingerprint density at radius 3 is 2.54 bits per heavy atom. The highest BCUT2D eigenvalue weighted by Crippen LogP contribution is 2.30. The molecule has 0 spiro atoms. The van der Waals surface area contributed by atoms with Gasteiger partial charge >= 0.3 is 0 Å². The van der Waals surface area contributed by atoms with Gasteiger partial charge in [-0.3, -0.25) is 4.79 Å². The van der Waals surface area contributed by atoms with E-state index >= 15 is 0 Å². The van der Waals surface area contributed by atoms with Gasteiger partial charge in [0, 0.05) is 10.4 Å². The fraction of sp³-hybridized carbons (Fsp3) is 0.375. The number of thiazole rings is 1. The Morgan fingerprint density at radius 2 is 1.96 bits per heavy atom. The van der Waals surface area contributed by atoms with Gasteiger partial charge in [-0.25, -0.2) is 17.8 Å². The van der Waals surface area contributed by atoms with Gasteiger partial charge in [-0.1, -0.05) is 6.92 Å². The summed E-state index contributed by atoms with van der Waals surface area (Å²) in [5.41, 5.74) is 1.37. The molecule has 2 aromatic rings. The van der Waals surface area contributed by atoms with Crippen molar-refractivity contribution >= 4 is 32.2 Å². The Bertz CT molecular complexity index is 830. The largest absolute Gasteiger partial charge is 0.301 e. The smallest absolute Gasteiger partial charge is 0.244 e. The molecule has 1 heterocycles. The van der Waals surface area contributed by atoms with Crippen LogP contribution in [0.1, 0.15) is 25.1 Å². The number of aromatic nitrogens is 1. The monoisotopic (exact) mass is 370 g/mol. The fourth-order valence-electron chi connectivity index (χ4n) is 2.16.